The molecule has 2 N–H and O–H groups in total. The third kappa shape index (κ3) is 5.69. The highest BCUT2D eigenvalue weighted by molar-refractivity contribution is 9.24. The molecule has 0 fully saturated rings. The number of rotatable bonds is 2. The van der Waals surface area contributed by atoms with Crippen molar-refractivity contribution in [1.82, 2.24) is 0 Å². The number of phenolic OH excluding ortho intramolecular Hbond substituents is 2. The first-order valence-electron chi connectivity index (χ1n) is 14.2. The summed E-state index contributed by atoms with van der Waals surface area (Å²) in [5.74, 6) is 1.07. The zero-order valence-corrected chi connectivity index (χ0v) is 29.5. The molecule has 42 heavy (non-hydrogen) atoms. The molecule has 0 aliphatic carbocycles. The van der Waals surface area contributed by atoms with Crippen molar-refractivity contribution in [2.24, 2.45) is 0 Å². The van der Waals surface area contributed by atoms with Gasteiger partial charge in [-0.3, -0.25) is 0 Å². The Morgan fingerprint density at radius 3 is 1.38 bits per heavy atom. The Hall–Kier alpha value is -1.86. The number of alkyl halides is 4. The Labute approximate surface area is 275 Å². The Kier molecular flexibility index (Phi) is 8.70. The summed E-state index contributed by atoms with van der Waals surface area (Å²) >= 11 is 19.9. The molecule has 0 saturated carbocycles. The molecule has 2 heterocycles. The predicted octanol–water partition coefficient (Wildman–Crippen LogP) is 10.4. The van der Waals surface area contributed by atoms with Gasteiger partial charge < -0.3 is 20.0 Å². The minimum Gasteiger partial charge on any atom is -0.507 e. The topological polar surface area (TPSA) is 46.9 Å². The third-order valence-electron chi connectivity index (χ3n) is 8.39. The van der Waals surface area contributed by atoms with Gasteiger partial charge in [0.15, 0.2) is 0 Å². The quantitative estimate of drug-likeness (QED) is 0.201. The fraction of sp³-hybridized carbons (Fsp3) is 0.412. The third-order valence-corrected chi connectivity index (χ3v) is 10.3. The first-order valence-corrected chi connectivity index (χ1v) is 16.9. The van der Waals surface area contributed by atoms with E-state index in [2.05, 4.69) is 89.3 Å². The Morgan fingerprint density at radius 1 is 0.667 bits per heavy atom. The molecule has 0 radical (unpaired) electrons. The van der Waals surface area contributed by atoms with Crippen LogP contribution in [0.4, 0.5) is 11.4 Å². The maximum atomic E-state index is 10.4. The Morgan fingerprint density at radius 2 is 1.02 bits per heavy atom. The summed E-state index contributed by atoms with van der Waals surface area (Å²) in [5, 5.41) is 24.7. The van der Waals surface area contributed by atoms with Crippen LogP contribution in [0.5, 0.6) is 11.5 Å². The van der Waals surface area contributed by atoms with E-state index < -0.39 is 4.84 Å². The number of nitrogens with zero attached hydrogens (tertiary/aromatic N) is 2. The summed E-state index contributed by atoms with van der Waals surface area (Å²) < 4.78 is 0.212. The molecule has 224 valence electrons. The van der Waals surface area contributed by atoms with Crippen LogP contribution in [0, 0.1) is 0 Å². The van der Waals surface area contributed by atoms with Crippen LogP contribution in [0.25, 0.3) is 21.5 Å². The van der Waals surface area contributed by atoms with Crippen molar-refractivity contribution >= 4 is 88.0 Å². The summed E-state index contributed by atoms with van der Waals surface area (Å²) in [7, 11) is 0. The van der Waals surface area contributed by atoms with Crippen molar-refractivity contribution in [2.75, 3.05) is 22.9 Å². The van der Waals surface area contributed by atoms with Gasteiger partial charge in [0, 0.05) is 70.3 Å². The second-order valence-corrected chi connectivity index (χ2v) is 17.6. The van der Waals surface area contributed by atoms with Crippen molar-refractivity contribution in [1.29, 1.82) is 0 Å². The van der Waals surface area contributed by atoms with Crippen molar-refractivity contribution in [3.63, 3.8) is 0 Å². The molecule has 0 bridgehead atoms. The van der Waals surface area contributed by atoms with Crippen LogP contribution in [-0.2, 0) is 0 Å². The minimum atomic E-state index is -0.468. The fourth-order valence-electron chi connectivity index (χ4n) is 6.41. The number of hydrogen-bond acceptors (Lipinski definition) is 4. The smallest absolute Gasteiger partial charge is 0.125 e. The average Bonchev–Trinajstić information content (AvgIpc) is 3.49. The van der Waals surface area contributed by atoms with Crippen LogP contribution in [0.15, 0.2) is 60.7 Å². The monoisotopic (exact) mass is 734 g/mol. The van der Waals surface area contributed by atoms with E-state index in [0.29, 0.717) is 17.4 Å². The van der Waals surface area contributed by atoms with Gasteiger partial charge in [-0.1, -0.05) is 80.4 Å². The van der Waals surface area contributed by atoms with Crippen molar-refractivity contribution in [3.05, 3.63) is 71.8 Å². The predicted molar refractivity (Wildman–Crippen MR) is 188 cm³/mol. The SMILES string of the molecule is CC(C)(C)N1C[C@@H](C(Br)Br)c2c1cc(O)c1ccccc21.CC(C)(C)N1C[C@@H](C(Cl)Cl)c2c1cc(O)c1ccccc21. The summed E-state index contributed by atoms with van der Waals surface area (Å²) in [5.41, 5.74) is 4.61. The van der Waals surface area contributed by atoms with E-state index in [-0.39, 0.29) is 20.7 Å². The van der Waals surface area contributed by atoms with Gasteiger partial charge in [0.25, 0.3) is 0 Å². The lowest BCUT2D eigenvalue weighted by atomic mass is 9.95. The van der Waals surface area contributed by atoms with Gasteiger partial charge in [-0.2, -0.15) is 0 Å². The van der Waals surface area contributed by atoms with Crippen LogP contribution in [0.3, 0.4) is 0 Å². The number of hydrogen-bond donors (Lipinski definition) is 2. The molecule has 0 unspecified atom stereocenters. The zero-order valence-electron chi connectivity index (χ0n) is 24.8. The molecular formula is C34H38Br2Cl2N2O2. The van der Waals surface area contributed by atoms with Crippen molar-refractivity contribution in [3.8, 4) is 11.5 Å². The lowest BCUT2D eigenvalue weighted by Gasteiger charge is -2.35. The highest BCUT2D eigenvalue weighted by Gasteiger charge is 2.40. The number of anilines is 2. The van der Waals surface area contributed by atoms with E-state index in [9.17, 15) is 10.2 Å². The summed E-state index contributed by atoms with van der Waals surface area (Å²) in [6, 6.07) is 19.7. The number of phenols is 2. The van der Waals surface area contributed by atoms with E-state index in [1.54, 1.807) is 0 Å². The molecule has 2 aliphatic rings. The summed E-state index contributed by atoms with van der Waals surface area (Å²) in [6.07, 6.45) is 0. The van der Waals surface area contributed by atoms with E-state index in [1.807, 2.05) is 54.6 Å². The molecule has 2 atom stereocenters. The largest absolute Gasteiger partial charge is 0.507 e. The molecular weight excluding hydrogens is 699 g/mol. The van der Waals surface area contributed by atoms with Gasteiger partial charge in [-0.25, -0.2) is 0 Å². The van der Waals surface area contributed by atoms with Crippen LogP contribution in [0.1, 0.15) is 64.5 Å². The molecule has 8 heteroatoms. The molecule has 0 amide bonds. The standard InChI is InChI=1S/C17H19Br2NO.C17H19Cl2NO/c2*1-17(2,3)20-9-12(16(18)19)15-11-7-5-4-6-10(11)14(21)8-13(15)20/h2*4-8,12,16,21H,9H2,1-3H3/t2*12-/m11/s1. The lowest BCUT2D eigenvalue weighted by molar-refractivity contribution is 0.478. The number of halogens is 4. The van der Waals surface area contributed by atoms with Gasteiger partial charge in [0.2, 0.25) is 0 Å². The van der Waals surface area contributed by atoms with E-state index >= 15 is 0 Å². The molecule has 2 aliphatic heterocycles. The number of fused-ring (bicyclic) bond motifs is 6. The van der Waals surface area contributed by atoms with Gasteiger partial charge in [0.05, 0.1) is 3.74 Å². The molecule has 0 saturated heterocycles. The van der Waals surface area contributed by atoms with Crippen LogP contribution in [0.2, 0.25) is 0 Å². The molecule has 6 rings (SSSR count). The first kappa shape index (κ1) is 31.6. The van der Waals surface area contributed by atoms with Gasteiger partial charge in [-0.05, 0) is 63.4 Å². The van der Waals surface area contributed by atoms with Gasteiger partial charge in [-0.15, -0.1) is 23.2 Å². The van der Waals surface area contributed by atoms with E-state index in [0.717, 1.165) is 51.6 Å². The van der Waals surface area contributed by atoms with Crippen LogP contribution >= 0.6 is 55.1 Å². The van der Waals surface area contributed by atoms with E-state index in [1.165, 1.54) is 5.56 Å². The van der Waals surface area contributed by atoms with Gasteiger partial charge in [0.1, 0.15) is 16.3 Å². The van der Waals surface area contributed by atoms with Crippen molar-refractivity contribution < 1.29 is 10.2 Å². The zero-order chi connectivity index (χ0) is 30.7. The lowest BCUT2D eigenvalue weighted by Crippen LogP contribution is -2.41. The molecule has 0 spiro atoms. The summed E-state index contributed by atoms with van der Waals surface area (Å²) in [4.78, 5) is 4.19. The number of aromatic hydroxyl groups is 2. The molecule has 4 aromatic carbocycles. The highest BCUT2D eigenvalue weighted by atomic mass is 79.9. The van der Waals surface area contributed by atoms with E-state index in [4.69, 9.17) is 23.2 Å². The average molecular weight is 737 g/mol. The van der Waals surface area contributed by atoms with Crippen LogP contribution in [-0.4, -0.2) is 43.0 Å². The molecule has 0 aromatic heterocycles. The normalized spacial score (nSPS) is 18.6. The first-order chi connectivity index (χ1) is 19.6. The second kappa shape index (κ2) is 11.6. The van der Waals surface area contributed by atoms with Crippen molar-refractivity contribution in [2.45, 2.75) is 73.0 Å². The number of benzene rings is 4. The maximum Gasteiger partial charge on any atom is 0.125 e. The summed E-state index contributed by atoms with van der Waals surface area (Å²) in [6.45, 7) is 14.8. The maximum absolute atomic E-state index is 10.4. The second-order valence-electron chi connectivity index (χ2n) is 13.2. The highest BCUT2D eigenvalue weighted by Crippen LogP contribution is 2.51. The Balaban J connectivity index is 0.000000168. The van der Waals surface area contributed by atoms with Crippen LogP contribution < -0.4 is 9.80 Å². The molecule has 4 nitrogen and oxygen atoms in total. The van der Waals surface area contributed by atoms with Gasteiger partial charge >= 0.3 is 0 Å². The minimum absolute atomic E-state index is 0.0211. The fourth-order valence-corrected chi connectivity index (χ4v) is 7.68. The molecule has 4 aromatic rings. The Bertz CT molecular complexity index is 1510.